The first-order chi connectivity index (χ1) is 3.81. The second kappa shape index (κ2) is 4.26. The van der Waals surface area contributed by atoms with Crippen molar-refractivity contribution in [1.82, 2.24) is 5.43 Å². The van der Waals surface area contributed by atoms with Crippen LogP contribution in [0, 0.1) is 0 Å². The Morgan fingerprint density at radius 2 is 2.25 bits per heavy atom. The molecule has 44 valence electrons. The van der Waals surface area contributed by atoms with Crippen LogP contribution < -0.4 is 5.43 Å². The molecule has 0 aromatic rings. The Balaban J connectivity index is 3.56. The van der Waals surface area contributed by atoms with Gasteiger partial charge < -0.3 is 12.8 Å². The second-order valence-electron chi connectivity index (χ2n) is 0.918. The molecule has 0 atom stereocenters. The molecule has 0 radical (unpaired) electrons. The molecule has 0 spiro atoms. The van der Waals surface area contributed by atoms with Crippen molar-refractivity contribution >= 4 is 12.8 Å². The van der Waals surface area contributed by atoms with Gasteiger partial charge in [0.2, 0.25) is 0 Å². The summed E-state index contributed by atoms with van der Waals surface area (Å²) in [6.45, 7) is 6.72. The number of rotatable bonds is 3. The van der Waals surface area contributed by atoms with Crippen LogP contribution in [0.1, 0.15) is 0 Å². The molecule has 0 saturated heterocycles. The first-order valence-electron chi connectivity index (χ1n) is 1.97. The van der Waals surface area contributed by atoms with Gasteiger partial charge in [-0.15, -0.1) is 0 Å². The van der Waals surface area contributed by atoms with Crippen molar-refractivity contribution in [1.29, 1.82) is 0 Å². The number of nitrogens with one attached hydrogen (secondary N) is 1. The maximum Gasteiger partial charge on any atom is 0.103 e. The highest BCUT2D eigenvalue weighted by Crippen LogP contribution is 1.68. The van der Waals surface area contributed by atoms with Gasteiger partial charge in [-0.1, -0.05) is 13.2 Å². The van der Waals surface area contributed by atoms with Crippen LogP contribution >= 0.6 is 0 Å². The molecule has 0 unspecified atom stereocenters. The number of hydrogen-bond acceptors (Lipinski definition) is 2. The SMILES string of the molecule is C=CNN=[N+]([S-])C=C. The Labute approximate surface area is 53.9 Å². The van der Waals surface area contributed by atoms with Gasteiger partial charge in [-0.05, 0) is 0 Å². The van der Waals surface area contributed by atoms with Gasteiger partial charge in [-0.3, -0.25) is 0 Å². The highest BCUT2D eigenvalue weighted by Gasteiger charge is 1.69. The van der Waals surface area contributed by atoms with E-state index >= 15 is 0 Å². The maximum absolute atomic E-state index is 4.54. The van der Waals surface area contributed by atoms with E-state index in [2.05, 4.69) is 36.6 Å². The molecule has 8 heavy (non-hydrogen) atoms. The molecule has 3 nitrogen and oxygen atoms in total. The van der Waals surface area contributed by atoms with Crippen LogP contribution in [0.2, 0.25) is 0 Å². The molecule has 0 bridgehead atoms. The Bertz CT molecular complexity index is 118. The molecule has 0 heterocycles. The molecule has 0 fully saturated rings. The first-order valence-corrected chi connectivity index (χ1v) is 2.33. The average Bonchev–Trinajstić information content (AvgIpc) is 1.83. The fourth-order valence-corrected chi connectivity index (χ4v) is 0.186. The molecule has 4 heteroatoms. The van der Waals surface area contributed by atoms with Crippen LogP contribution in [-0.4, -0.2) is 4.10 Å². The largest absolute Gasteiger partial charge is 0.527 e. The predicted molar refractivity (Wildman–Crippen MR) is 33.6 cm³/mol. The monoisotopic (exact) mass is 129 g/mol. The molecule has 0 aromatic heterocycles. The lowest BCUT2D eigenvalue weighted by molar-refractivity contribution is -0.351. The zero-order valence-corrected chi connectivity index (χ0v) is 5.19. The highest BCUT2D eigenvalue weighted by atomic mass is 32.1. The summed E-state index contributed by atoms with van der Waals surface area (Å²) < 4.78 is 1.13. The summed E-state index contributed by atoms with van der Waals surface area (Å²) in [6.07, 6.45) is 2.81. The minimum absolute atomic E-state index is 1.13. The molecule has 1 N–H and O–H groups in total. The van der Waals surface area contributed by atoms with Gasteiger partial charge in [0.15, 0.2) is 0 Å². The third kappa shape index (κ3) is 3.30. The van der Waals surface area contributed by atoms with Gasteiger partial charge in [0.05, 0.1) is 11.4 Å². The average molecular weight is 129 g/mol. The van der Waals surface area contributed by atoms with Gasteiger partial charge in [0, 0.05) is 0 Å². The lowest BCUT2D eigenvalue weighted by Gasteiger charge is -1.94. The summed E-state index contributed by atoms with van der Waals surface area (Å²) in [6, 6.07) is 0. The van der Waals surface area contributed by atoms with E-state index in [0.29, 0.717) is 0 Å². The zero-order chi connectivity index (χ0) is 6.41. The first kappa shape index (κ1) is 7.10. The topological polar surface area (TPSA) is 27.4 Å². The van der Waals surface area contributed by atoms with Crippen LogP contribution in [-0.2, 0) is 12.8 Å². The molecule has 0 rings (SSSR count). The van der Waals surface area contributed by atoms with Crippen molar-refractivity contribution in [3.8, 4) is 0 Å². The lowest BCUT2D eigenvalue weighted by Crippen LogP contribution is -1.98. The van der Waals surface area contributed by atoms with Crippen molar-refractivity contribution in [2.24, 2.45) is 5.22 Å². The van der Waals surface area contributed by atoms with E-state index in [9.17, 15) is 0 Å². The van der Waals surface area contributed by atoms with Crippen LogP contribution in [0.15, 0.2) is 30.8 Å². The van der Waals surface area contributed by atoms with Crippen molar-refractivity contribution in [2.45, 2.75) is 0 Å². The van der Waals surface area contributed by atoms with Gasteiger partial charge in [0.1, 0.15) is 6.20 Å². The van der Waals surface area contributed by atoms with Crippen LogP contribution in [0.25, 0.3) is 0 Å². The summed E-state index contributed by atoms with van der Waals surface area (Å²) in [5.41, 5.74) is 2.44. The van der Waals surface area contributed by atoms with Crippen LogP contribution in [0.3, 0.4) is 0 Å². The summed E-state index contributed by atoms with van der Waals surface area (Å²) in [7, 11) is 0. The number of hydrogen-bond donors (Lipinski definition) is 1. The Hall–Kier alpha value is -0.900. The van der Waals surface area contributed by atoms with Crippen molar-refractivity contribution in [2.75, 3.05) is 0 Å². The van der Waals surface area contributed by atoms with E-state index in [4.69, 9.17) is 0 Å². The van der Waals surface area contributed by atoms with E-state index < -0.39 is 0 Å². The summed E-state index contributed by atoms with van der Waals surface area (Å²) in [5.74, 6) is 0. The molecule has 0 aromatic carbocycles. The van der Waals surface area contributed by atoms with Crippen molar-refractivity contribution in [3.63, 3.8) is 0 Å². The smallest absolute Gasteiger partial charge is 0.103 e. The summed E-state index contributed by atoms with van der Waals surface area (Å²) in [4.78, 5) is 0. The van der Waals surface area contributed by atoms with Gasteiger partial charge in [-0.2, -0.15) is 5.43 Å². The van der Waals surface area contributed by atoms with E-state index in [1.165, 1.54) is 12.4 Å². The predicted octanol–water partition coefficient (Wildman–Crippen LogP) is 0.705. The van der Waals surface area contributed by atoms with Crippen molar-refractivity contribution in [3.05, 3.63) is 25.6 Å². The molecular formula is C4H7N3S. The third-order valence-electron chi connectivity index (χ3n) is 0.404. The van der Waals surface area contributed by atoms with Crippen LogP contribution in [0.4, 0.5) is 0 Å². The molecular weight excluding hydrogens is 122 g/mol. The second-order valence-corrected chi connectivity index (χ2v) is 1.29. The summed E-state index contributed by atoms with van der Waals surface area (Å²) in [5, 5.41) is 3.52. The van der Waals surface area contributed by atoms with Gasteiger partial charge >= 0.3 is 0 Å². The molecule has 0 aliphatic carbocycles. The maximum atomic E-state index is 4.54. The van der Waals surface area contributed by atoms with E-state index in [1.807, 2.05) is 0 Å². The van der Waals surface area contributed by atoms with E-state index in [0.717, 1.165) is 4.10 Å². The van der Waals surface area contributed by atoms with Gasteiger partial charge in [-0.25, -0.2) is 4.10 Å². The Kier molecular flexibility index (Phi) is 3.78. The quantitative estimate of drug-likeness (QED) is 0.263. The molecule has 0 saturated carbocycles. The zero-order valence-electron chi connectivity index (χ0n) is 4.37. The third-order valence-corrected chi connectivity index (χ3v) is 0.634. The molecule has 0 amide bonds. The number of nitrogens with zero attached hydrogens (tertiary/aromatic N) is 2. The standard InChI is InChI=1S/C4H7N3S/c1-3-5-6-7(8)4-2/h3-5H,1-2H2. The lowest BCUT2D eigenvalue weighted by atomic mass is 11.1. The van der Waals surface area contributed by atoms with E-state index in [1.54, 1.807) is 0 Å². The Morgan fingerprint density at radius 3 is 2.62 bits per heavy atom. The minimum atomic E-state index is 1.13. The molecule has 0 aliphatic rings. The van der Waals surface area contributed by atoms with Crippen LogP contribution in [0.5, 0.6) is 0 Å². The Morgan fingerprint density at radius 1 is 1.62 bits per heavy atom. The highest BCUT2D eigenvalue weighted by molar-refractivity contribution is 7.51. The normalized spacial score (nSPS) is 10.2. The van der Waals surface area contributed by atoms with Gasteiger partial charge in [0.25, 0.3) is 0 Å². The minimum Gasteiger partial charge on any atom is -0.527 e. The van der Waals surface area contributed by atoms with E-state index in [-0.39, 0.29) is 0 Å². The fraction of sp³-hybridized carbons (Fsp3) is 0. The summed E-state index contributed by atoms with van der Waals surface area (Å²) >= 11 is 4.54. The fourth-order valence-electron chi connectivity index (χ4n) is 0.139. The molecule has 0 aliphatic heterocycles. The van der Waals surface area contributed by atoms with Crippen molar-refractivity contribution < 1.29 is 4.10 Å².